The molecule has 0 radical (unpaired) electrons. The van der Waals surface area contributed by atoms with E-state index in [1.807, 2.05) is 17.5 Å². The Bertz CT molecular complexity index is 1070. The Hall–Kier alpha value is -2.44. The van der Waals surface area contributed by atoms with Crippen molar-refractivity contribution in [3.8, 4) is 10.4 Å². The van der Waals surface area contributed by atoms with Crippen LogP contribution in [-0.4, -0.2) is 22.1 Å². The zero-order valence-electron chi connectivity index (χ0n) is 15.8. The van der Waals surface area contributed by atoms with Gasteiger partial charge in [-0.3, -0.25) is 10.1 Å². The molecule has 3 aliphatic rings. The van der Waals surface area contributed by atoms with Crippen molar-refractivity contribution >= 4 is 22.9 Å². The third-order valence-electron chi connectivity index (χ3n) is 6.15. The maximum atomic E-state index is 5.23. The predicted molar refractivity (Wildman–Crippen MR) is 114 cm³/mol. The molecule has 6 rings (SSSR count). The summed E-state index contributed by atoms with van der Waals surface area (Å²) >= 11 is 1.87. The van der Waals surface area contributed by atoms with Gasteiger partial charge in [0.1, 0.15) is 5.84 Å². The summed E-state index contributed by atoms with van der Waals surface area (Å²) in [5, 5.41) is 14.6. The van der Waals surface area contributed by atoms with Crippen LogP contribution in [0.5, 0.6) is 0 Å². The van der Waals surface area contributed by atoms with Crippen LogP contribution in [0.2, 0.25) is 0 Å². The Balaban J connectivity index is 1.34. The third-order valence-corrected chi connectivity index (χ3v) is 7.38. The van der Waals surface area contributed by atoms with Crippen molar-refractivity contribution in [1.29, 1.82) is 0 Å². The normalized spacial score (nSPS) is 23.5. The van der Waals surface area contributed by atoms with Gasteiger partial charge in [-0.2, -0.15) is 5.10 Å². The maximum absolute atomic E-state index is 5.23. The maximum Gasteiger partial charge on any atom is 0.119 e. The lowest BCUT2D eigenvalue weighted by Gasteiger charge is -2.31. The number of aromatic nitrogens is 2. The topological polar surface area (TPSA) is 65.1 Å². The first-order chi connectivity index (χ1) is 13.8. The molecule has 0 saturated heterocycles. The molecule has 1 fully saturated rings. The number of thiophene rings is 1. The fraction of sp³-hybridized carbons (Fsp3) is 0.364. The lowest BCUT2D eigenvalue weighted by molar-refractivity contribution is 0.562. The molecule has 1 aliphatic carbocycles. The molecule has 1 saturated carbocycles. The van der Waals surface area contributed by atoms with E-state index in [-0.39, 0.29) is 6.04 Å². The van der Waals surface area contributed by atoms with Crippen molar-refractivity contribution in [2.45, 2.75) is 44.8 Å². The van der Waals surface area contributed by atoms with Gasteiger partial charge in [0, 0.05) is 22.7 Å². The van der Waals surface area contributed by atoms with Gasteiger partial charge < -0.3 is 10.6 Å². The van der Waals surface area contributed by atoms with Crippen LogP contribution in [0, 0.1) is 12.8 Å². The summed E-state index contributed by atoms with van der Waals surface area (Å²) in [4.78, 5) is 7.89. The van der Waals surface area contributed by atoms with E-state index < -0.39 is 0 Å². The number of aliphatic imine (C=N–C) groups is 1. The lowest BCUT2D eigenvalue weighted by Crippen LogP contribution is -2.46. The van der Waals surface area contributed by atoms with E-state index in [1.165, 1.54) is 45.0 Å². The molecular formula is C22H23N5S. The monoisotopic (exact) mass is 389 g/mol. The van der Waals surface area contributed by atoms with Gasteiger partial charge in [0.15, 0.2) is 0 Å². The molecule has 142 valence electrons. The number of aromatic amines is 1. The minimum absolute atomic E-state index is 0.253. The standard InChI is InChI=1S/C22H23N5S/c1-12-16(11-24-27-12)19-9-17-21(28-19)20(13-6-7-13)26-22(25-17)18-8-14-4-2-3-5-15(14)10-23-18/h2-5,9,11,13,18,20,23H,6-8,10H2,1H3,(H,24,27)(H,25,26). The second-order valence-corrected chi connectivity index (χ2v) is 9.21. The van der Waals surface area contributed by atoms with E-state index in [0.29, 0.717) is 12.0 Å². The molecule has 0 bridgehead atoms. The van der Waals surface area contributed by atoms with E-state index in [2.05, 4.69) is 58.1 Å². The number of hydrogen-bond donors (Lipinski definition) is 3. The summed E-state index contributed by atoms with van der Waals surface area (Å²) in [5.41, 5.74) is 6.39. The number of benzene rings is 1. The van der Waals surface area contributed by atoms with Gasteiger partial charge in [0.25, 0.3) is 0 Å². The molecule has 0 spiro atoms. The number of H-pyrrole nitrogens is 1. The highest BCUT2D eigenvalue weighted by atomic mass is 32.1. The fourth-order valence-electron chi connectivity index (χ4n) is 4.39. The minimum atomic E-state index is 0.253. The van der Waals surface area contributed by atoms with Gasteiger partial charge in [-0.1, -0.05) is 24.3 Å². The smallest absolute Gasteiger partial charge is 0.119 e. The summed E-state index contributed by atoms with van der Waals surface area (Å²) in [6.45, 7) is 2.99. The Morgan fingerprint density at radius 2 is 2.00 bits per heavy atom. The van der Waals surface area contributed by atoms with Crippen molar-refractivity contribution in [3.05, 3.63) is 58.2 Å². The van der Waals surface area contributed by atoms with E-state index in [4.69, 9.17) is 4.99 Å². The molecule has 2 aliphatic heterocycles. The van der Waals surface area contributed by atoms with Gasteiger partial charge in [-0.15, -0.1) is 11.3 Å². The zero-order valence-corrected chi connectivity index (χ0v) is 16.6. The third kappa shape index (κ3) is 2.71. The number of fused-ring (bicyclic) bond motifs is 2. The van der Waals surface area contributed by atoms with Gasteiger partial charge in [-0.25, -0.2) is 0 Å². The average Bonchev–Trinajstić information content (AvgIpc) is 3.34. The van der Waals surface area contributed by atoms with E-state index in [0.717, 1.165) is 24.5 Å². The van der Waals surface area contributed by atoms with Crippen molar-refractivity contribution in [1.82, 2.24) is 15.5 Å². The van der Waals surface area contributed by atoms with Gasteiger partial charge >= 0.3 is 0 Å². The molecule has 3 aromatic rings. The number of amidine groups is 1. The van der Waals surface area contributed by atoms with E-state index in [9.17, 15) is 0 Å². The highest BCUT2D eigenvalue weighted by Crippen LogP contribution is 2.51. The summed E-state index contributed by atoms with van der Waals surface area (Å²) in [6.07, 6.45) is 5.51. The van der Waals surface area contributed by atoms with E-state index >= 15 is 0 Å². The second-order valence-electron chi connectivity index (χ2n) is 8.13. The number of nitrogens with one attached hydrogen (secondary N) is 3. The summed E-state index contributed by atoms with van der Waals surface area (Å²) in [5.74, 6) is 1.80. The first-order valence-corrected chi connectivity index (χ1v) is 10.9. The highest BCUT2D eigenvalue weighted by molar-refractivity contribution is 7.16. The second kappa shape index (κ2) is 6.29. The number of hydrogen-bond acceptors (Lipinski definition) is 5. The summed E-state index contributed by atoms with van der Waals surface area (Å²) in [7, 11) is 0. The van der Waals surface area contributed by atoms with Gasteiger partial charge in [0.2, 0.25) is 0 Å². The molecule has 1 aromatic carbocycles. The van der Waals surface area contributed by atoms with Crippen LogP contribution < -0.4 is 10.6 Å². The molecule has 4 heterocycles. The molecule has 5 nitrogen and oxygen atoms in total. The number of rotatable bonds is 3. The van der Waals surface area contributed by atoms with Crippen LogP contribution in [0.4, 0.5) is 5.69 Å². The number of nitrogens with zero attached hydrogens (tertiary/aromatic N) is 2. The molecule has 28 heavy (non-hydrogen) atoms. The van der Waals surface area contributed by atoms with Crippen molar-refractivity contribution in [2.75, 3.05) is 5.32 Å². The van der Waals surface area contributed by atoms with Crippen LogP contribution in [0.25, 0.3) is 10.4 Å². The van der Waals surface area contributed by atoms with Crippen LogP contribution in [0.3, 0.4) is 0 Å². The van der Waals surface area contributed by atoms with E-state index in [1.54, 1.807) is 0 Å². The van der Waals surface area contributed by atoms with Crippen molar-refractivity contribution in [3.63, 3.8) is 0 Å². The Morgan fingerprint density at radius 3 is 2.79 bits per heavy atom. The molecule has 2 aromatic heterocycles. The first kappa shape index (κ1) is 16.5. The van der Waals surface area contributed by atoms with Crippen LogP contribution in [0.15, 0.2) is 41.5 Å². The van der Waals surface area contributed by atoms with Crippen molar-refractivity contribution < 1.29 is 0 Å². The lowest BCUT2D eigenvalue weighted by atomic mass is 9.94. The first-order valence-electron chi connectivity index (χ1n) is 10.0. The molecule has 0 amide bonds. The molecular weight excluding hydrogens is 366 g/mol. The fourth-order valence-corrected chi connectivity index (χ4v) is 5.70. The number of aryl methyl sites for hydroxylation is 1. The van der Waals surface area contributed by atoms with Crippen LogP contribution in [-0.2, 0) is 13.0 Å². The molecule has 2 atom stereocenters. The Kier molecular flexibility index (Phi) is 3.71. The SMILES string of the molecule is Cc1[nH]ncc1-c1cc2c(s1)C(C1CC1)N=C(C1Cc3ccccc3CN1)N2. The quantitative estimate of drug-likeness (QED) is 0.621. The average molecular weight is 390 g/mol. The Morgan fingerprint density at radius 1 is 1.14 bits per heavy atom. The van der Waals surface area contributed by atoms with Gasteiger partial charge in [0.05, 0.1) is 28.8 Å². The largest absolute Gasteiger partial charge is 0.342 e. The van der Waals surface area contributed by atoms with Gasteiger partial charge in [-0.05, 0) is 49.3 Å². The molecule has 2 unspecified atom stereocenters. The zero-order chi connectivity index (χ0) is 18.7. The number of anilines is 1. The van der Waals surface area contributed by atoms with Crippen molar-refractivity contribution in [2.24, 2.45) is 10.9 Å². The van der Waals surface area contributed by atoms with Crippen LogP contribution >= 0.6 is 11.3 Å². The molecule has 6 heteroatoms. The molecule has 3 N–H and O–H groups in total. The summed E-state index contributed by atoms with van der Waals surface area (Å²) in [6, 6.07) is 11.6. The Labute approximate surface area is 168 Å². The predicted octanol–water partition coefficient (Wildman–Crippen LogP) is 4.44. The minimum Gasteiger partial charge on any atom is -0.342 e. The highest BCUT2D eigenvalue weighted by Gasteiger charge is 2.39. The summed E-state index contributed by atoms with van der Waals surface area (Å²) < 4.78 is 0. The van der Waals surface area contributed by atoms with Crippen LogP contribution in [0.1, 0.15) is 40.6 Å².